The third-order valence-corrected chi connectivity index (χ3v) is 7.83. The van der Waals surface area contributed by atoms with Gasteiger partial charge >= 0.3 is 5.97 Å². The van der Waals surface area contributed by atoms with Crippen LogP contribution in [-0.2, 0) is 16.0 Å². The van der Waals surface area contributed by atoms with E-state index in [4.69, 9.17) is 19.2 Å². The number of aromatic nitrogens is 2. The molecule has 40 heavy (non-hydrogen) atoms. The minimum atomic E-state index is -1.08. The second-order valence-corrected chi connectivity index (χ2v) is 10.3. The van der Waals surface area contributed by atoms with Crippen molar-refractivity contribution in [2.75, 3.05) is 20.8 Å². The molecular formula is C31H27N3O5S. The molecule has 0 bridgehead atoms. The molecule has 2 heterocycles. The van der Waals surface area contributed by atoms with Gasteiger partial charge < -0.3 is 14.2 Å². The van der Waals surface area contributed by atoms with Crippen LogP contribution in [0.15, 0.2) is 47.8 Å². The number of ketones is 1. The second kappa shape index (κ2) is 11.7. The Morgan fingerprint density at radius 1 is 1.10 bits per heavy atom. The Labute approximate surface area is 235 Å². The molecule has 0 radical (unpaired) electrons. The summed E-state index contributed by atoms with van der Waals surface area (Å²) in [5.74, 6) is -0.933. The molecule has 202 valence electrons. The number of methoxy groups -OCH3 is 2. The van der Waals surface area contributed by atoms with Gasteiger partial charge in [-0.15, -0.1) is 11.3 Å². The van der Waals surface area contributed by atoms with Crippen LogP contribution in [0.5, 0.6) is 11.5 Å². The minimum absolute atomic E-state index is 0.401. The number of ether oxygens (including phenoxy) is 3. The summed E-state index contributed by atoms with van der Waals surface area (Å²) in [5, 5.41) is 12.4. The topological polar surface area (TPSA) is 111 Å². The molecule has 1 aliphatic carbocycles. The molecule has 1 atom stereocenters. The molecule has 9 heteroatoms. The van der Waals surface area contributed by atoms with Crippen molar-refractivity contribution in [1.29, 1.82) is 5.26 Å². The lowest BCUT2D eigenvalue weighted by Crippen LogP contribution is -2.21. The number of carbonyl (C=O) groups excluding carboxylic acids is 2. The van der Waals surface area contributed by atoms with Crippen molar-refractivity contribution < 1.29 is 23.8 Å². The number of thiazole rings is 1. The molecule has 0 saturated heterocycles. The summed E-state index contributed by atoms with van der Waals surface area (Å²) in [7, 11) is 3.19. The molecule has 0 spiro atoms. The van der Waals surface area contributed by atoms with Crippen LogP contribution in [0.2, 0.25) is 0 Å². The minimum Gasteiger partial charge on any atom is -0.493 e. The Kier molecular flexibility index (Phi) is 7.89. The quantitative estimate of drug-likeness (QED) is 0.247. The summed E-state index contributed by atoms with van der Waals surface area (Å²) in [6.45, 7) is 1.28. The molecule has 8 nitrogen and oxygen atoms in total. The van der Waals surface area contributed by atoms with Crippen molar-refractivity contribution in [1.82, 2.24) is 9.97 Å². The first kappa shape index (κ1) is 27.0. The number of nitriles is 1. The van der Waals surface area contributed by atoms with Crippen molar-refractivity contribution in [3.8, 4) is 17.6 Å². The Morgan fingerprint density at radius 3 is 2.62 bits per heavy atom. The summed E-state index contributed by atoms with van der Waals surface area (Å²) in [6, 6.07) is 15.1. The third kappa shape index (κ3) is 5.31. The largest absolute Gasteiger partial charge is 0.493 e. The lowest BCUT2D eigenvalue weighted by Gasteiger charge is -2.22. The number of rotatable bonds is 8. The molecule has 0 amide bonds. The summed E-state index contributed by atoms with van der Waals surface area (Å²) >= 11 is 1.24. The van der Waals surface area contributed by atoms with Gasteiger partial charge in [-0.25, -0.2) is 14.8 Å². The van der Waals surface area contributed by atoms with Crippen LogP contribution in [0.25, 0.3) is 22.6 Å². The van der Waals surface area contributed by atoms with Gasteiger partial charge in [0.05, 0.1) is 37.1 Å². The fourth-order valence-corrected chi connectivity index (χ4v) is 5.77. The summed E-state index contributed by atoms with van der Waals surface area (Å²) in [6.07, 6.45) is 4.31. The van der Waals surface area contributed by atoms with E-state index in [9.17, 15) is 14.9 Å². The molecule has 2 aromatic carbocycles. The first-order valence-electron chi connectivity index (χ1n) is 12.8. The highest BCUT2D eigenvalue weighted by molar-refractivity contribution is 7.09. The van der Waals surface area contributed by atoms with Gasteiger partial charge in [-0.1, -0.05) is 24.3 Å². The van der Waals surface area contributed by atoms with Gasteiger partial charge in [0.25, 0.3) is 0 Å². The molecule has 1 unspecified atom stereocenters. The van der Waals surface area contributed by atoms with Gasteiger partial charge in [-0.05, 0) is 67.2 Å². The van der Waals surface area contributed by atoms with Crippen molar-refractivity contribution >= 4 is 45.6 Å². The molecular weight excluding hydrogens is 526 g/mol. The normalized spacial score (nSPS) is 14.3. The van der Waals surface area contributed by atoms with E-state index in [1.54, 1.807) is 26.5 Å². The van der Waals surface area contributed by atoms with E-state index in [0.29, 0.717) is 39.4 Å². The number of para-hydroxylation sites is 1. The SMILES string of the molecule is COc1ccc(/C=C2\CCCc3c2nc2ccccc2c3C(=O)OCC(=O)C(C#N)c2nc(C)cs2)cc1OC. The van der Waals surface area contributed by atoms with Gasteiger partial charge in [0, 0.05) is 16.5 Å². The van der Waals surface area contributed by atoms with Crippen molar-refractivity contribution in [2.24, 2.45) is 0 Å². The number of hydrogen-bond acceptors (Lipinski definition) is 9. The number of pyridine rings is 1. The summed E-state index contributed by atoms with van der Waals surface area (Å²) < 4.78 is 16.4. The number of benzene rings is 2. The van der Waals surface area contributed by atoms with Gasteiger partial charge in [-0.2, -0.15) is 5.26 Å². The van der Waals surface area contributed by atoms with Crippen LogP contribution < -0.4 is 9.47 Å². The number of hydrogen-bond donors (Lipinski definition) is 0. The van der Waals surface area contributed by atoms with Gasteiger partial charge in [-0.3, -0.25) is 4.79 Å². The van der Waals surface area contributed by atoms with Crippen LogP contribution in [0.4, 0.5) is 0 Å². The molecule has 5 rings (SSSR count). The Hall–Kier alpha value is -4.55. The van der Waals surface area contributed by atoms with E-state index in [1.165, 1.54) is 11.3 Å². The van der Waals surface area contributed by atoms with Gasteiger partial charge in [0.1, 0.15) is 5.01 Å². The highest BCUT2D eigenvalue weighted by atomic mass is 32.1. The van der Waals surface area contributed by atoms with E-state index in [0.717, 1.165) is 40.9 Å². The zero-order chi connectivity index (χ0) is 28.2. The number of fused-ring (bicyclic) bond motifs is 2. The number of allylic oxidation sites excluding steroid dienone is 1. The van der Waals surface area contributed by atoms with E-state index >= 15 is 0 Å². The molecule has 0 aliphatic heterocycles. The molecule has 4 aromatic rings. The number of Topliss-reactive ketones (excluding diaryl/α,β-unsaturated/α-hetero) is 1. The van der Waals surface area contributed by atoms with Gasteiger partial charge in [0.15, 0.2) is 29.8 Å². The van der Waals surface area contributed by atoms with Crippen molar-refractivity contribution in [3.63, 3.8) is 0 Å². The molecule has 0 N–H and O–H groups in total. The van der Waals surface area contributed by atoms with Crippen LogP contribution in [0, 0.1) is 18.3 Å². The van der Waals surface area contributed by atoms with E-state index in [2.05, 4.69) is 4.98 Å². The Bertz CT molecular complexity index is 1680. The predicted octanol–water partition coefficient (Wildman–Crippen LogP) is 5.93. The fourth-order valence-electron chi connectivity index (χ4n) is 4.91. The third-order valence-electron chi connectivity index (χ3n) is 6.80. The number of aryl methyl sites for hydroxylation is 1. The average molecular weight is 554 g/mol. The molecule has 2 aromatic heterocycles. The van der Waals surface area contributed by atoms with Gasteiger partial charge in [0.2, 0.25) is 0 Å². The lowest BCUT2D eigenvalue weighted by molar-refractivity contribution is -0.122. The van der Waals surface area contributed by atoms with E-state index < -0.39 is 24.3 Å². The van der Waals surface area contributed by atoms with E-state index in [1.807, 2.05) is 54.6 Å². The Morgan fingerprint density at radius 2 is 1.90 bits per heavy atom. The van der Waals surface area contributed by atoms with Crippen LogP contribution in [-0.4, -0.2) is 42.5 Å². The van der Waals surface area contributed by atoms with Crippen LogP contribution in [0.3, 0.4) is 0 Å². The zero-order valence-corrected chi connectivity index (χ0v) is 23.2. The number of nitrogens with zero attached hydrogens (tertiary/aromatic N) is 3. The monoisotopic (exact) mass is 553 g/mol. The maximum atomic E-state index is 13.6. The number of carbonyl (C=O) groups is 2. The first-order valence-corrected chi connectivity index (χ1v) is 13.7. The molecule has 0 saturated carbocycles. The maximum absolute atomic E-state index is 13.6. The van der Waals surface area contributed by atoms with E-state index in [-0.39, 0.29) is 0 Å². The van der Waals surface area contributed by atoms with Crippen molar-refractivity contribution in [2.45, 2.75) is 32.1 Å². The van der Waals surface area contributed by atoms with Crippen molar-refractivity contribution in [3.05, 3.63) is 80.9 Å². The first-order chi connectivity index (χ1) is 19.4. The predicted molar refractivity (Wildman–Crippen MR) is 153 cm³/mol. The standard InChI is InChI=1S/C31H27N3O5S/c1-18-17-40-30(33-18)23(15-32)25(35)16-39-31(36)28-21-8-4-5-10-24(21)34-29-20(7-6-9-22(28)29)13-19-11-12-26(37-2)27(14-19)38-3/h4-5,8,10-14,17,23H,6-7,9,16H2,1-3H3/b20-13+. The number of esters is 1. The summed E-state index contributed by atoms with van der Waals surface area (Å²) in [5.41, 5.74) is 5.25. The lowest BCUT2D eigenvalue weighted by atomic mass is 9.86. The highest BCUT2D eigenvalue weighted by Crippen LogP contribution is 2.37. The van der Waals surface area contributed by atoms with Crippen LogP contribution in [0.1, 0.15) is 56.6 Å². The zero-order valence-electron chi connectivity index (χ0n) is 22.4. The fraction of sp³-hybridized carbons (Fsp3) is 0.258. The smallest absolute Gasteiger partial charge is 0.339 e. The molecule has 1 aliphatic rings. The maximum Gasteiger partial charge on any atom is 0.339 e. The Balaban J connectivity index is 1.50. The highest BCUT2D eigenvalue weighted by Gasteiger charge is 2.28. The van der Waals surface area contributed by atoms with Crippen LogP contribution >= 0.6 is 11.3 Å². The average Bonchev–Trinajstić information content (AvgIpc) is 3.40. The molecule has 0 fully saturated rings. The summed E-state index contributed by atoms with van der Waals surface area (Å²) in [4.78, 5) is 35.6. The second-order valence-electron chi connectivity index (χ2n) is 9.40.